The molecule has 3 N–H and O–H groups in total. The van der Waals surface area contributed by atoms with E-state index < -0.39 is 23.0 Å². The van der Waals surface area contributed by atoms with Crippen LogP contribution in [0.5, 0.6) is 5.88 Å². The molecule has 0 aliphatic rings. The molecule has 0 unspecified atom stereocenters. The Bertz CT molecular complexity index is 899. The number of nitrogens with one attached hydrogen (secondary N) is 2. The van der Waals surface area contributed by atoms with Gasteiger partial charge in [0.15, 0.2) is 0 Å². The normalized spacial score (nSPS) is 11.4. The van der Waals surface area contributed by atoms with Crippen LogP contribution in [0.25, 0.3) is 0 Å². The van der Waals surface area contributed by atoms with E-state index >= 15 is 0 Å². The average Bonchev–Trinajstić information content (AvgIpc) is 2.60. The molecule has 9 heteroatoms. The molecule has 0 spiro atoms. The number of aromatic nitrogens is 3. The number of amides is 1. The summed E-state index contributed by atoms with van der Waals surface area (Å²) in [5, 5.41) is 14.1. The molecule has 2 heterocycles. The highest BCUT2D eigenvalue weighted by Gasteiger charge is 2.17. The number of pyridine rings is 1. The highest BCUT2D eigenvalue weighted by molar-refractivity contribution is 6.01. The number of hydrogen-bond acceptors (Lipinski definition) is 6. The third kappa shape index (κ3) is 4.19. The van der Waals surface area contributed by atoms with Crippen molar-refractivity contribution in [1.82, 2.24) is 20.0 Å². The predicted octanol–water partition coefficient (Wildman–Crippen LogP) is 0.591. The van der Waals surface area contributed by atoms with Gasteiger partial charge in [-0.25, -0.2) is 10.2 Å². The Morgan fingerprint density at radius 3 is 2.68 bits per heavy atom. The predicted molar refractivity (Wildman–Crippen MR) is 91.8 cm³/mol. The summed E-state index contributed by atoms with van der Waals surface area (Å²) in [6, 6.07) is 3.02. The van der Waals surface area contributed by atoms with E-state index in [9.17, 15) is 19.5 Å². The van der Waals surface area contributed by atoms with E-state index in [1.807, 2.05) is 6.92 Å². The van der Waals surface area contributed by atoms with Gasteiger partial charge in [0.1, 0.15) is 5.56 Å². The van der Waals surface area contributed by atoms with E-state index in [-0.39, 0.29) is 17.8 Å². The molecule has 9 nitrogen and oxygen atoms in total. The summed E-state index contributed by atoms with van der Waals surface area (Å²) in [6.07, 6.45) is 4.40. The molecule has 2 aromatic heterocycles. The van der Waals surface area contributed by atoms with Gasteiger partial charge in [0, 0.05) is 24.5 Å². The Balaban J connectivity index is 2.32. The molecule has 0 radical (unpaired) electrons. The number of hydrogen-bond donors (Lipinski definition) is 3. The molecule has 1 amide bonds. The Morgan fingerprint density at radius 2 is 2.04 bits per heavy atom. The standard InChI is InChI=1S/C16H19N5O4/c1-3-4-9-21-15(24)12(14(23)18-16(21)25)10(2)19-20-13(22)11-5-7-17-8-6-11/h5-8,24H,3-4,9H2,1-2H3,(H,20,22)(H,18,23,25). The van der Waals surface area contributed by atoms with Crippen molar-refractivity contribution in [1.29, 1.82) is 0 Å². The Morgan fingerprint density at radius 1 is 1.36 bits per heavy atom. The smallest absolute Gasteiger partial charge is 0.331 e. The number of unbranched alkanes of at least 4 members (excludes halogenated alkanes) is 1. The molecule has 0 saturated carbocycles. The summed E-state index contributed by atoms with van der Waals surface area (Å²) in [5.41, 5.74) is 1.10. The van der Waals surface area contributed by atoms with Crippen molar-refractivity contribution in [3.63, 3.8) is 0 Å². The zero-order valence-corrected chi connectivity index (χ0v) is 13.9. The first-order chi connectivity index (χ1) is 12.0. The molecular formula is C16H19N5O4. The lowest BCUT2D eigenvalue weighted by molar-refractivity contribution is 0.0954. The molecule has 0 aliphatic carbocycles. The Kier molecular flexibility index (Phi) is 5.83. The molecule has 0 aromatic carbocycles. The third-order valence-electron chi connectivity index (χ3n) is 3.54. The van der Waals surface area contributed by atoms with Crippen LogP contribution in [0.1, 0.15) is 42.6 Å². The highest BCUT2D eigenvalue weighted by atomic mass is 16.3. The van der Waals surface area contributed by atoms with Gasteiger partial charge in [-0.3, -0.25) is 24.1 Å². The van der Waals surface area contributed by atoms with Crippen LogP contribution >= 0.6 is 0 Å². The van der Waals surface area contributed by atoms with Crippen molar-refractivity contribution < 1.29 is 9.90 Å². The fraction of sp³-hybridized carbons (Fsp3) is 0.312. The minimum Gasteiger partial charge on any atom is -0.494 e. The van der Waals surface area contributed by atoms with Crippen molar-refractivity contribution in [2.75, 3.05) is 0 Å². The average molecular weight is 345 g/mol. The zero-order chi connectivity index (χ0) is 18.4. The van der Waals surface area contributed by atoms with Crippen LogP contribution in [0.15, 0.2) is 39.2 Å². The van der Waals surface area contributed by atoms with Crippen LogP contribution in [0.3, 0.4) is 0 Å². The van der Waals surface area contributed by atoms with E-state index in [0.717, 1.165) is 11.0 Å². The largest absolute Gasteiger partial charge is 0.494 e. The second kappa shape index (κ2) is 8.04. The number of rotatable bonds is 6. The van der Waals surface area contributed by atoms with Crippen LogP contribution in [-0.4, -0.2) is 31.3 Å². The Hall–Kier alpha value is -3.23. The topological polar surface area (TPSA) is 129 Å². The summed E-state index contributed by atoms with van der Waals surface area (Å²) < 4.78 is 1.07. The molecule has 0 fully saturated rings. The molecule has 2 aromatic rings. The van der Waals surface area contributed by atoms with E-state index in [2.05, 4.69) is 20.5 Å². The van der Waals surface area contributed by atoms with Gasteiger partial charge in [-0.1, -0.05) is 13.3 Å². The van der Waals surface area contributed by atoms with E-state index in [1.54, 1.807) is 0 Å². The molecule has 0 saturated heterocycles. The van der Waals surface area contributed by atoms with Crippen LogP contribution in [0.2, 0.25) is 0 Å². The van der Waals surface area contributed by atoms with E-state index in [0.29, 0.717) is 12.0 Å². The summed E-state index contributed by atoms with van der Waals surface area (Å²) in [7, 11) is 0. The number of hydrazone groups is 1. The van der Waals surface area contributed by atoms with Crippen LogP contribution in [0, 0.1) is 0 Å². The summed E-state index contributed by atoms with van der Waals surface area (Å²) in [5.74, 6) is -0.960. The van der Waals surface area contributed by atoms with Crippen molar-refractivity contribution in [2.45, 2.75) is 33.2 Å². The number of aromatic hydroxyl groups is 1. The molecule has 25 heavy (non-hydrogen) atoms. The lowest BCUT2D eigenvalue weighted by Gasteiger charge is -2.10. The maximum Gasteiger partial charge on any atom is 0.331 e. The van der Waals surface area contributed by atoms with Gasteiger partial charge in [-0.15, -0.1) is 0 Å². The van der Waals surface area contributed by atoms with Crippen molar-refractivity contribution in [2.24, 2.45) is 5.10 Å². The van der Waals surface area contributed by atoms with Gasteiger partial charge in [0.25, 0.3) is 11.5 Å². The second-order valence-corrected chi connectivity index (χ2v) is 5.34. The van der Waals surface area contributed by atoms with Gasteiger partial charge in [-0.05, 0) is 25.5 Å². The van der Waals surface area contributed by atoms with E-state index in [4.69, 9.17) is 0 Å². The summed E-state index contributed by atoms with van der Waals surface area (Å²) in [6.45, 7) is 3.66. The van der Waals surface area contributed by atoms with Gasteiger partial charge in [-0.2, -0.15) is 5.10 Å². The van der Waals surface area contributed by atoms with Crippen LogP contribution in [0.4, 0.5) is 0 Å². The van der Waals surface area contributed by atoms with Gasteiger partial charge in [0.2, 0.25) is 5.88 Å². The number of carbonyl (C=O) groups is 1. The molecular weight excluding hydrogens is 326 g/mol. The minimum atomic E-state index is -0.769. The highest BCUT2D eigenvalue weighted by Crippen LogP contribution is 2.12. The van der Waals surface area contributed by atoms with Crippen molar-refractivity contribution in [3.8, 4) is 5.88 Å². The molecule has 0 atom stereocenters. The summed E-state index contributed by atoms with van der Waals surface area (Å²) >= 11 is 0. The SMILES string of the molecule is CCCCn1c(O)c(C(C)=NNC(=O)c2ccncc2)c(=O)[nH]c1=O. The third-order valence-corrected chi connectivity index (χ3v) is 3.54. The first-order valence-corrected chi connectivity index (χ1v) is 7.76. The van der Waals surface area contributed by atoms with Crippen molar-refractivity contribution >= 4 is 11.6 Å². The lowest BCUT2D eigenvalue weighted by Crippen LogP contribution is -2.34. The Labute approximate surface area is 143 Å². The number of H-pyrrole nitrogens is 1. The van der Waals surface area contributed by atoms with Gasteiger partial charge >= 0.3 is 5.69 Å². The van der Waals surface area contributed by atoms with Crippen LogP contribution < -0.4 is 16.7 Å². The maximum absolute atomic E-state index is 12.0. The first-order valence-electron chi connectivity index (χ1n) is 7.76. The molecule has 0 bridgehead atoms. The fourth-order valence-electron chi connectivity index (χ4n) is 2.17. The number of nitrogens with zero attached hydrogens (tertiary/aromatic N) is 3. The molecule has 0 aliphatic heterocycles. The summed E-state index contributed by atoms with van der Waals surface area (Å²) in [4.78, 5) is 41.8. The lowest BCUT2D eigenvalue weighted by atomic mass is 10.2. The zero-order valence-electron chi connectivity index (χ0n) is 13.9. The van der Waals surface area contributed by atoms with Crippen LogP contribution in [-0.2, 0) is 6.54 Å². The van der Waals surface area contributed by atoms with Gasteiger partial charge < -0.3 is 5.11 Å². The van der Waals surface area contributed by atoms with E-state index in [1.165, 1.54) is 31.5 Å². The second-order valence-electron chi connectivity index (χ2n) is 5.34. The van der Waals surface area contributed by atoms with Gasteiger partial charge in [0.05, 0.1) is 5.71 Å². The number of aromatic amines is 1. The maximum atomic E-state index is 12.0. The first kappa shape index (κ1) is 18.1. The minimum absolute atomic E-state index is 0.0754. The quantitative estimate of drug-likeness (QED) is 0.521. The fourth-order valence-corrected chi connectivity index (χ4v) is 2.17. The van der Waals surface area contributed by atoms with Crippen molar-refractivity contribution in [3.05, 3.63) is 56.5 Å². The number of carbonyl (C=O) groups excluding carboxylic acids is 1. The molecule has 132 valence electrons. The molecule has 2 rings (SSSR count). The monoisotopic (exact) mass is 345 g/mol.